The van der Waals surface area contributed by atoms with E-state index in [0.29, 0.717) is 47.7 Å². The summed E-state index contributed by atoms with van der Waals surface area (Å²) in [5.74, 6) is 0. The molecule has 220 valence electrons. The second-order valence-electron chi connectivity index (χ2n) is 11.7. The van der Waals surface area contributed by atoms with E-state index in [4.69, 9.17) is 9.16 Å². The molecule has 0 saturated carbocycles. The number of carbonyl (C=O) groups is 1. The van der Waals surface area contributed by atoms with Gasteiger partial charge in [-0.15, -0.1) is 0 Å². The van der Waals surface area contributed by atoms with Gasteiger partial charge >= 0.3 is 250 Å². The van der Waals surface area contributed by atoms with Gasteiger partial charge < -0.3 is 0 Å². The number of rotatable bonds is 12. The first-order valence-corrected chi connectivity index (χ1v) is 20.6. The Kier molecular flexibility index (Phi) is 11.7. The number of benzene rings is 2. The monoisotopic (exact) mass is 651 g/mol. The summed E-state index contributed by atoms with van der Waals surface area (Å²) in [4.78, 5) is 15.4. The molecule has 0 radical (unpaired) electrons. The first-order valence-electron chi connectivity index (χ1n) is 14.2. The summed E-state index contributed by atoms with van der Waals surface area (Å²) in [6.07, 6.45) is 2.77. The van der Waals surface area contributed by atoms with Crippen molar-refractivity contribution in [1.82, 2.24) is 4.90 Å². The summed E-state index contributed by atoms with van der Waals surface area (Å²) < 4.78 is 41.2. The van der Waals surface area contributed by atoms with E-state index >= 15 is 0 Å². The molecule has 1 atom stereocenters. The number of allylic oxidation sites excluding steroid dienone is 1. The number of carbonyl (C=O) groups excluding carboxylic acids is 1. The summed E-state index contributed by atoms with van der Waals surface area (Å²) in [5.41, 5.74) is 1.49. The standard InChI is InChI=1S/C31H45NO5SSeSi/c1-7-36-30(33)32(24-39-26-18-12-9-13-19-26)23-15-20-27-28(37-40(5,6)31(2,3)4)21-14-22-29(27)38(34,35)25-16-10-8-11-17-25/h8-13,16-19,28H,7,14-15,20-24H2,1-6H3/t28-/m0/s1. The first-order chi connectivity index (χ1) is 18.9. The fourth-order valence-corrected chi connectivity index (χ4v) is 9.51. The van der Waals surface area contributed by atoms with Crippen LogP contribution < -0.4 is 4.46 Å². The molecule has 0 aromatic heterocycles. The van der Waals surface area contributed by atoms with Crippen LogP contribution in [0.15, 0.2) is 76.0 Å². The van der Waals surface area contributed by atoms with Gasteiger partial charge in [0.25, 0.3) is 0 Å². The van der Waals surface area contributed by atoms with Gasteiger partial charge in [0.1, 0.15) is 0 Å². The molecule has 0 aliphatic heterocycles. The number of sulfone groups is 1. The van der Waals surface area contributed by atoms with Crippen molar-refractivity contribution in [2.75, 3.05) is 18.6 Å². The van der Waals surface area contributed by atoms with Crippen LogP contribution in [-0.4, -0.2) is 67.4 Å². The molecule has 2 aromatic rings. The van der Waals surface area contributed by atoms with E-state index in [9.17, 15) is 13.2 Å². The number of ether oxygens (including phenoxy) is 1. The maximum absolute atomic E-state index is 13.9. The molecule has 0 spiro atoms. The van der Waals surface area contributed by atoms with Crippen LogP contribution >= 0.6 is 0 Å². The molecule has 0 heterocycles. The molecule has 0 N–H and O–H groups in total. The van der Waals surface area contributed by atoms with Crippen LogP contribution in [0.4, 0.5) is 4.79 Å². The summed E-state index contributed by atoms with van der Waals surface area (Å²) >= 11 is 0.0912. The van der Waals surface area contributed by atoms with Gasteiger partial charge in [0.05, 0.1) is 0 Å². The number of nitrogens with zero attached hydrogens (tertiary/aromatic N) is 1. The molecule has 3 rings (SSSR count). The third-order valence-electron chi connectivity index (χ3n) is 7.77. The quantitative estimate of drug-likeness (QED) is 0.245. The van der Waals surface area contributed by atoms with Crippen molar-refractivity contribution in [2.24, 2.45) is 0 Å². The number of amides is 1. The van der Waals surface area contributed by atoms with Crippen molar-refractivity contribution in [1.29, 1.82) is 0 Å². The molecule has 9 heteroatoms. The van der Waals surface area contributed by atoms with E-state index in [-0.39, 0.29) is 32.2 Å². The van der Waals surface area contributed by atoms with Gasteiger partial charge in [-0.2, -0.15) is 0 Å². The average molecular weight is 651 g/mol. The zero-order valence-electron chi connectivity index (χ0n) is 24.8. The van der Waals surface area contributed by atoms with Gasteiger partial charge in [-0.25, -0.2) is 0 Å². The Morgan fingerprint density at radius 3 is 2.27 bits per heavy atom. The van der Waals surface area contributed by atoms with Gasteiger partial charge in [-0.05, 0) is 0 Å². The fraction of sp³-hybridized carbons (Fsp3) is 0.516. The van der Waals surface area contributed by atoms with Crippen LogP contribution in [0, 0.1) is 0 Å². The predicted octanol–water partition coefficient (Wildman–Crippen LogP) is 6.51. The summed E-state index contributed by atoms with van der Waals surface area (Å²) in [6.45, 7) is 13.7. The van der Waals surface area contributed by atoms with Crippen molar-refractivity contribution in [2.45, 2.75) is 88.9 Å². The van der Waals surface area contributed by atoms with Gasteiger partial charge in [0, 0.05) is 0 Å². The second-order valence-corrected chi connectivity index (χ2v) is 20.5. The Hall–Kier alpha value is -1.90. The Morgan fingerprint density at radius 2 is 1.68 bits per heavy atom. The average Bonchev–Trinajstić information content (AvgIpc) is 2.91. The minimum absolute atomic E-state index is 0.00819. The number of hydrogen-bond acceptors (Lipinski definition) is 5. The molecule has 0 saturated heterocycles. The molecule has 2 aromatic carbocycles. The Labute approximate surface area is 248 Å². The van der Waals surface area contributed by atoms with Crippen LogP contribution in [0.25, 0.3) is 0 Å². The Bertz CT molecular complexity index is 1240. The van der Waals surface area contributed by atoms with Gasteiger partial charge in [-0.3, -0.25) is 0 Å². The number of hydrogen-bond donors (Lipinski definition) is 0. The maximum atomic E-state index is 13.9. The van der Waals surface area contributed by atoms with Gasteiger partial charge in [0.2, 0.25) is 0 Å². The van der Waals surface area contributed by atoms with Crippen molar-refractivity contribution in [3.8, 4) is 0 Å². The van der Waals surface area contributed by atoms with E-state index < -0.39 is 18.2 Å². The van der Waals surface area contributed by atoms with Crippen LogP contribution in [0.1, 0.15) is 59.8 Å². The van der Waals surface area contributed by atoms with Crippen molar-refractivity contribution >= 4 is 43.7 Å². The zero-order chi connectivity index (χ0) is 29.4. The molecular weight excluding hydrogens is 605 g/mol. The summed E-state index contributed by atoms with van der Waals surface area (Å²) in [6, 6.07) is 18.9. The zero-order valence-corrected chi connectivity index (χ0v) is 28.3. The van der Waals surface area contributed by atoms with E-state index in [1.165, 1.54) is 4.46 Å². The molecule has 6 nitrogen and oxygen atoms in total. The Morgan fingerprint density at radius 1 is 1.05 bits per heavy atom. The topological polar surface area (TPSA) is 72.9 Å². The van der Waals surface area contributed by atoms with E-state index in [2.05, 4.69) is 46.0 Å². The van der Waals surface area contributed by atoms with E-state index in [1.54, 1.807) is 29.2 Å². The van der Waals surface area contributed by atoms with Gasteiger partial charge in [-0.1, -0.05) is 0 Å². The SMILES string of the molecule is CCOC(=O)N(CCCC1=C(S(=O)(=O)c2ccccc2)CCC[C@@H]1O[Si](C)(C)C(C)(C)C)C[Se]c1ccccc1. The molecule has 0 unspecified atom stereocenters. The summed E-state index contributed by atoms with van der Waals surface area (Å²) in [5, 5.41) is 0.00819. The first kappa shape index (κ1) is 32.6. The fourth-order valence-electron chi connectivity index (χ4n) is 4.53. The predicted molar refractivity (Wildman–Crippen MR) is 166 cm³/mol. The molecular formula is C31H45NO5SSeSi. The molecule has 1 aliphatic carbocycles. The summed E-state index contributed by atoms with van der Waals surface area (Å²) in [7, 11) is -5.80. The van der Waals surface area contributed by atoms with Gasteiger partial charge in [0.15, 0.2) is 0 Å². The minimum atomic E-state index is -3.64. The van der Waals surface area contributed by atoms with Crippen LogP contribution in [0.5, 0.6) is 0 Å². The van der Waals surface area contributed by atoms with Crippen molar-refractivity contribution in [3.63, 3.8) is 0 Å². The molecule has 1 aliphatic rings. The van der Waals surface area contributed by atoms with E-state index in [0.717, 1.165) is 18.4 Å². The molecule has 40 heavy (non-hydrogen) atoms. The molecule has 1 amide bonds. The van der Waals surface area contributed by atoms with Crippen LogP contribution in [0.3, 0.4) is 0 Å². The van der Waals surface area contributed by atoms with E-state index in [1.807, 2.05) is 31.2 Å². The Balaban J connectivity index is 1.88. The van der Waals surface area contributed by atoms with Crippen LogP contribution in [-0.2, 0) is 19.0 Å². The van der Waals surface area contributed by atoms with Crippen molar-refractivity contribution in [3.05, 3.63) is 71.1 Å². The third kappa shape index (κ3) is 8.55. The third-order valence-corrected chi connectivity index (χ3v) is 16.5. The second kappa shape index (κ2) is 14.3. The van der Waals surface area contributed by atoms with Crippen molar-refractivity contribution < 1.29 is 22.4 Å². The normalized spacial score (nSPS) is 16.6. The molecule has 0 fully saturated rings. The van der Waals surface area contributed by atoms with Crippen LogP contribution in [0.2, 0.25) is 18.1 Å². The molecule has 0 bridgehead atoms.